The molecular formula is C20H16I6N4O8. The molecule has 12 nitrogen and oxygen atoms in total. The van der Waals surface area contributed by atoms with Crippen molar-refractivity contribution in [1.82, 2.24) is 9.80 Å². The number of hydrogen-bond donors (Lipinski definition) is 4. The summed E-state index contributed by atoms with van der Waals surface area (Å²) in [6.45, 7) is -1.63. The molecule has 206 valence electrons. The fourth-order valence-electron chi connectivity index (χ4n) is 2.74. The Morgan fingerprint density at radius 1 is 0.658 bits per heavy atom. The van der Waals surface area contributed by atoms with Gasteiger partial charge in [0, 0.05) is 32.5 Å². The monoisotopic (exact) mass is 1200 g/mol. The van der Waals surface area contributed by atoms with Crippen LogP contribution < -0.4 is 11.5 Å². The first-order valence-electron chi connectivity index (χ1n) is 9.85. The van der Waals surface area contributed by atoms with Crippen molar-refractivity contribution in [3.63, 3.8) is 0 Å². The van der Waals surface area contributed by atoms with Crippen molar-refractivity contribution in [2.24, 2.45) is 0 Å². The molecule has 0 heterocycles. The van der Waals surface area contributed by atoms with Crippen molar-refractivity contribution in [2.75, 3.05) is 24.7 Å². The first kappa shape index (κ1) is 34.1. The molecule has 0 saturated heterocycles. The highest BCUT2D eigenvalue weighted by atomic mass is 127. The number of benzene rings is 2. The highest BCUT2D eigenvalue weighted by Crippen LogP contribution is 2.31. The number of anilines is 2. The molecule has 0 aliphatic heterocycles. The molecule has 38 heavy (non-hydrogen) atoms. The van der Waals surface area contributed by atoms with Crippen LogP contribution in [0.5, 0.6) is 0 Å². The summed E-state index contributed by atoms with van der Waals surface area (Å²) in [6.07, 6.45) is -5.47. The number of nitrogen functional groups attached to an aromatic ring is 2. The van der Waals surface area contributed by atoms with Gasteiger partial charge in [0.2, 0.25) is 0 Å². The Balaban J connectivity index is 2.02. The number of halogens is 6. The van der Waals surface area contributed by atoms with E-state index >= 15 is 0 Å². The number of ether oxygens (including phenoxy) is 2. The van der Waals surface area contributed by atoms with Crippen LogP contribution >= 0.6 is 136 Å². The van der Waals surface area contributed by atoms with E-state index in [1.807, 2.05) is 90.4 Å². The van der Waals surface area contributed by atoms with Crippen LogP contribution in [0.25, 0.3) is 0 Å². The van der Waals surface area contributed by atoms with Gasteiger partial charge in [0.25, 0.3) is 0 Å². The van der Waals surface area contributed by atoms with E-state index in [-0.39, 0.29) is 13.1 Å². The molecule has 0 saturated carbocycles. The summed E-state index contributed by atoms with van der Waals surface area (Å²) in [6, 6.07) is 3.53. The second-order valence-corrected chi connectivity index (χ2v) is 13.9. The summed E-state index contributed by atoms with van der Waals surface area (Å²) in [5, 5.41) is 19.1. The molecule has 18 heteroatoms. The molecule has 0 atom stereocenters. The number of nitrogens with zero attached hydrogens (tertiary/aromatic N) is 2. The van der Waals surface area contributed by atoms with Gasteiger partial charge in [0.05, 0.1) is 24.5 Å². The summed E-state index contributed by atoms with van der Waals surface area (Å²) in [4.78, 5) is 49.3. The fourth-order valence-corrected chi connectivity index (χ4v) is 10.2. The largest absolute Gasteiger partial charge is 0.465 e. The van der Waals surface area contributed by atoms with E-state index < -0.39 is 37.6 Å². The topological polar surface area (TPSA) is 186 Å². The van der Waals surface area contributed by atoms with Crippen LogP contribution in [0.2, 0.25) is 0 Å². The molecule has 4 amide bonds. The molecule has 0 aliphatic rings. The number of carbonyl (C=O) groups excluding carboxylic acids is 2. The summed E-state index contributed by atoms with van der Waals surface area (Å²) in [7, 11) is 0. The lowest BCUT2D eigenvalue weighted by atomic mass is 10.2. The Bertz CT molecular complexity index is 1200. The minimum absolute atomic E-state index is 0.311. The van der Waals surface area contributed by atoms with Gasteiger partial charge in [-0.3, -0.25) is 0 Å². The third-order valence-corrected chi connectivity index (χ3v) is 10.8. The number of imide groups is 2. The third kappa shape index (κ3) is 8.70. The number of amides is 4. The number of hydrogen-bond acceptors (Lipinski definition) is 8. The summed E-state index contributed by atoms with van der Waals surface area (Å²) >= 11 is 12.1. The van der Waals surface area contributed by atoms with Crippen molar-refractivity contribution in [1.29, 1.82) is 0 Å². The molecule has 2 aromatic rings. The maximum Gasteiger partial charge on any atom is 0.419 e. The smallest absolute Gasteiger partial charge is 0.419 e. The van der Waals surface area contributed by atoms with Crippen molar-refractivity contribution in [2.45, 2.75) is 13.1 Å². The standard InChI is InChI=1S/C20H16I6N4O8/c21-9-3-11(23)15(27)13(25)7(9)5-29(17(31)32)19(35)37-1-2-38-20(36)30(18(33)34)6-8-10(22)4-12(24)16(28)14(8)26/h3-4H,1-2,5-6,27-28H2,(H,31,32)(H,33,34). The summed E-state index contributed by atoms with van der Waals surface area (Å²) in [5.41, 5.74) is 14.1. The Kier molecular flexibility index (Phi) is 13.7. The molecule has 2 aromatic carbocycles. The lowest BCUT2D eigenvalue weighted by Gasteiger charge is -2.21. The molecule has 2 rings (SSSR count). The quantitative estimate of drug-likeness (QED) is 0.137. The van der Waals surface area contributed by atoms with Gasteiger partial charge in [-0.25, -0.2) is 29.0 Å². The maximum atomic E-state index is 12.5. The first-order chi connectivity index (χ1) is 17.7. The van der Waals surface area contributed by atoms with Crippen LogP contribution in [0.1, 0.15) is 11.1 Å². The molecule has 0 aliphatic carbocycles. The lowest BCUT2D eigenvalue weighted by molar-refractivity contribution is 0.0555. The van der Waals surface area contributed by atoms with Crippen molar-refractivity contribution in [3.8, 4) is 0 Å². The van der Waals surface area contributed by atoms with Crippen LogP contribution in [0.15, 0.2) is 12.1 Å². The Morgan fingerprint density at radius 3 is 1.26 bits per heavy atom. The third-order valence-electron chi connectivity index (χ3n) is 4.67. The van der Waals surface area contributed by atoms with Crippen LogP contribution in [0, 0.1) is 21.4 Å². The minimum Gasteiger partial charge on any atom is -0.465 e. The van der Waals surface area contributed by atoms with E-state index in [0.717, 1.165) is 7.14 Å². The molecule has 6 N–H and O–H groups in total. The second-order valence-electron chi connectivity index (χ2n) is 7.06. The van der Waals surface area contributed by atoms with Gasteiger partial charge in [-0.05, 0) is 148 Å². The molecule has 0 aromatic heterocycles. The predicted molar refractivity (Wildman–Crippen MR) is 188 cm³/mol. The molecule has 0 spiro atoms. The average molecular weight is 1200 g/mol. The van der Waals surface area contributed by atoms with E-state index in [2.05, 4.69) is 45.2 Å². The zero-order valence-corrected chi connectivity index (χ0v) is 31.6. The number of carboxylic acid groups (broad SMARTS) is 2. The summed E-state index contributed by atoms with van der Waals surface area (Å²) in [5.74, 6) is 0. The van der Waals surface area contributed by atoms with Gasteiger partial charge >= 0.3 is 24.4 Å². The molecule has 0 fully saturated rings. The van der Waals surface area contributed by atoms with Gasteiger partial charge in [-0.1, -0.05) is 0 Å². The van der Waals surface area contributed by atoms with Gasteiger partial charge in [0.1, 0.15) is 13.2 Å². The average Bonchev–Trinajstić information content (AvgIpc) is 2.83. The molecule has 0 radical (unpaired) electrons. The maximum absolute atomic E-state index is 12.5. The molecular weight excluding hydrogens is 1190 g/mol. The van der Waals surface area contributed by atoms with Gasteiger partial charge in [0.15, 0.2) is 0 Å². The fraction of sp³-hybridized carbons (Fsp3) is 0.200. The van der Waals surface area contributed by atoms with Crippen LogP contribution in [0.3, 0.4) is 0 Å². The molecule has 0 bridgehead atoms. The van der Waals surface area contributed by atoms with E-state index in [1.54, 1.807) is 12.1 Å². The van der Waals surface area contributed by atoms with Gasteiger partial charge in [-0.15, -0.1) is 0 Å². The normalized spacial score (nSPS) is 10.6. The zero-order chi connectivity index (χ0) is 28.9. The zero-order valence-electron chi connectivity index (χ0n) is 18.6. The Hall–Kier alpha value is -0.100. The van der Waals surface area contributed by atoms with E-state index in [4.69, 9.17) is 20.9 Å². The van der Waals surface area contributed by atoms with Gasteiger partial charge < -0.3 is 31.2 Å². The van der Waals surface area contributed by atoms with Crippen LogP contribution in [0.4, 0.5) is 30.6 Å². The minimum atomic E-state index is -1.55. The van der Waals surface area contributed by atoms with Gasteiger partial charge in [-0.2, -0.15) is 0 Å². The molecule has 0 unspecified atom stereocenters. The second kappa shape index (κ2) is 15.2. The van der Waals surface area contributed by atoms with E-state index in [0.29, 0.717) is 46.6 Å². The number of carbonyl (C=O) groups is 4. The first-order valence-corrected chi connectivity index (χ1v) is 16.3. The Labute approximate surface area is 298 Å². The predicted octanol–water partition coefficient (Wildman–Crippen LogP) is 6.41. The highest BCUT2D eigenvalue weighted by molar-refractivity contribution is 14.1. The van der Waals surface area contributed by atoms with Crippen LogP contribution in [-0.4, -0.2) is 57.6 Å². The number of rotatable bonds is 7. The Morgan fingerprint density at radius 2 is 0.974 bits per heavy atom. The lowest BCUT2D eigenvalue weighted by Crippen LogP contribution is -2.38. The van der Waals surface area contributed by atoms with E-state index in [9.17, 15) is 29.4 Å². The van der Waals surface area contributed by atoms with Crippen molar-refractivity contribution in [3.05, 3.63) is 44.7 Å². The van der Waals surface area contributed by atoms with Crippen LogP contribution in [-0.2, 0) is 22.6 Å². The van der Waals surface area contributed by atoms with E-state index in [1.165, 1.54) is 0 Å². The van der Waals surface area contributed by atoms with Crippen molar-refractivity contribution < 1.29 is 38.9 Å². The summed E-state index contributed by atoms with van der Waals surface area (Å²) < 4.78 is 14.1. The van der Waals surface area contributed by atoms with Crippen molar-refractivity contribution >= 4 is 171 Å². The number of nitrogens with two attached hydrogens (primary N) is 2. The highest BCUT2D eigenvalue weighted by Gasteiger charge is 2.28. The SMILES string of the molecule is Nc1c(I)cc(I)c(CN(C(=O)O)C(=O)OCCOC(=O)N(Cc2c(I)cc(I)c(N)c2I)C(=O)O)c1I.